The molecule has 0 spiro atoms. The smallest absolute Gasteiger partial charge is 0.0616 e. The van der Waals surface area contributed by atoms with E-state index in [0.717, 1.165) is 25.1 Å². The largest absolute Gasteiger partial charge is 0.388 e. The van der Waals surface area contributed by atoms with Crippen molar-refractivity contribution in [1.82, 2.24) is 0 Å². The third-order valence-corrected chi connectivity index (χ3v) is 3.67. The van der Waals surface area contributed by atoms with Gasteiger partial charge in [0.05, 0.1) is 6.61 Å². The Hall–Kier alpha value is -1.45. The molecular formula is C17H21NOS. The van der Waals surface area contributed by atoms with Gasteiger partial charge < -0.3 is 9.50 Å². The fourth-order valence-corrected chi connectivity index (χ4v) is 2.40. The number of hydrogen-bond acceptors (Lipinski definition) is 3. The summed E-state index contributed by atoms with van der Waals surface area (Å²) in [6.45, 7) is 0.814. The lowest BCUT2D eigenvalue weighted by Gasteiger charge is -2.06. The average molecular weight is 287 g/mol. The maximum atomic E-state index is 5.28. The first kappa shape index (κ1) is 14.9. The molecule has 0 radical (unpaired) electrons. The lowest BCUT2D eigenvalue weighted by Crippen LogP contribution is -1.91. The van der Waals surface area contributed by atoms with E-state index >= 15 is 0 Å². The SMILES string of the molecule is CNc1ccc(-c2ccc(CCCOSC)cc2)cc1. The van der Waals surface area contributed by atoms with E-state index in [2.05, 4.69) is 53.8 Å². The monoisotopic (exact) mass is 287 g/mol. The predicted molar refractivity (Wildman–Crippen MR) is 89.2 cm³/mol. The second-order valence-corrected chi connectivity index (χ2v) is 5.19. The maximum Gasteiger partial charge on any atom is 0.0616 e. The second-order valence-electron chi connectivity index (χ2n) is 4.62. The molecule has 0 heterocycles. The number of rotatable bonds is 7. The Kier molecular flexibility index (Phi) is 5.96. The molecule has 2 aromatic rings. The third-order valence-electron chi connectivity index (χ3n) is 3.27. The van der Waals surface area contributed by atoms with Gasteiger partial charge in [-0.05, 0) is 53.7 Å². The van der Waals surface area contributed by atoms with Crippen molar-refractivity contribution < 1.29 is 4.18 Å². The minimum Gasteiger partial charge on any atom is -0.388 e. The van der Waals surface area contributed by atoms with E-state index in [4.69, 9.17) is 4.18 Å². The summed E-state index contributed by atoms with van der Waals surface area (Å²) in [4.78, 5) is 0. The van der Waals surface area contributed by atoms with Gasteiger partial charge in [-0.25, -0.2) is 0 Å². The van der Waals surface area contributed by atoms with Gasteiger partial charge in [-0.2, -0.15) is 0 Å². The van der Waals surface area contributed by atoms with Crippen molar-refractivity contribution in [1.29, 1.82) is 0 Å². The summed E-state index contributed by atoms with van der Waals surface area (Å²) in [6.07, 6.45) is 4.09. The zero-order valence-electron chi connectivity index (χ0n) is 12.1. The third kappa shape index (κ3) is 4.29. The minimum absolute atomic E-state index is 0.814. The van der Waals surface area contributed by atoms with Crippen molar-refractivity contribution in [3.8, 4) is 11.1 Å². The number of aryl methyl sites for hydroxylation is 1. The van der Waals surface area contributed by atoms with Gasteiger partial charge in [0.15, 0.2) is 0 Å². The quantitative estimate of drug-likeness (QED) is 0.593. The zero-order valence-corrected chi connectivity index (χ0v) is 12.9. The maximum absolute atomic E-state index is 5.28. The Balaban J connectivity index is 1.96. The molecule has 106 valence electrons. The predicted octanol–water partition coefficient (Wildman–Crippen LogP) is 4.62. The Morgan fingerprint density at radius 2 is 1.55 bits per heavy atom. The number of hydrogen-bond donors (Lipinski definition) is 1. The van der Waals surface area contributed by atoms with Crippen molar-refractivity contribution in [2.45, 2.75) is 12.8 Å². The fraction of sp³-hybridized carbons (Fsp3) is 0.294. The van der Waals surface area contributed by atoms with Crippen LogP contribution in [0.1, 0.15) is 12.0 Å². The van der Waals surface area contributed by atoms with Gasteiger partial charge in [0, 0.05) is 19.0 Å². The Morgan fingerprint density at radius 3 is 2.10 bits per heavy atom. The van der Waals surface area contributed by atoms with Crippen LogP contribution in [-0.2, 0) is 10.6 Å². The molecule has 0 aliphatic rings. The van der Waals surface area contributed by atoms with Gasteiger partial charge in [-0.15, -0.1) is 0 Å². The van der Waals surface area contributed by atoms with Crippen LogP contribution in [0, 0.1) is 0 Å². The van der Waals surface area contributed by atoms with Gasteiger partial charge >= 0.3 is 0 Å². The first-order chi connectivity index (χ1) is 9.83. The molecule has 0 unspecified atom stereocenters. The molecule has 1 N–H and O–H groups in total. The van der Waals surface area contributed by atoms with Crippen LogP contribution in [0.5, 0.6) is 0 Å². The van der Waals surface area contributed by atoms with Crippen molar-refractivity contribution in [2.75, 3.05) is 25.2 Å². The second kappa shape index (κ2) is 7.98. The fourth-order valence-electron chi connectivity index (χ4n) is 2.11. The van der Waals surface area contributed by atoms with Crippen molar-refractivity contribution >= 4 is 17.7 Å². The van der Waals surface area contributed by atoms with E-state index in [1.807, 2.05) is 13.3 Å². The molecule has 20 heavy (non-hydrogen) atoms. The summed E-state index contributed by atoms with van der Waals surface area (Å²) in [5.41, 5.74) is 5.02. The van der Waals surface area contributed by atoms with Gasteiger partial charge in [0.2, 0.25) is 0 Å². The number of nitrogens with one attached hydrogen (secondary N) is 1. The highest BCUT2D eigenvalue weighted by molar-refractivity contribution is 7.93. The van der Waals surface area contributed by atoms with E-state index in [0.29, 0.717) is 0 Å². The molecule has 0 atom stereocenters. The Morgan fingerprint density at radius 1 is 0.950 bits per heavy atom. The standard InChI is InChI=1S/C17H21NOS/c1-18-17-11-9-16(10-12-17)15-7-5-14(6-8-15)4-3-13-19-20-2/h5-12,18H,3-4,13H2,1-2H3. The highest BCUT2D eigenvalue weighted by Crippen LogP contribution is 2.22. The summed E-state index contributed by atoms with van der Waals surface area (Å²) in [7, 11) is 1.94. The van der Waals surface area contributed by atoms with Crippen LogP contribution in [0.3, 0.4) is 0 Å². The number of benzene rings is 2. The molecule has 0 aliphatic carbocycles. The van der Waals surface area contributed by atoms with Crippen LogP contribution in [0.25, 0.3) is 11.1 Å². The average Bonchev–Trinajstić information content (AvgIpc) is 2.52. The molecule has 3 heteroatoms. The van der Waals surface area contributed by atoms with E-state index in [-0.39, 0.29) is 0 Å². The Bertz CT molecular complexity index is 508. The molecule has 0 bridgehead atoms. The molecule has 2 nitrogen and oxygen atoms in total. The zero-order chi connectivity index (χ0) is 14.2. The Labute approximate surface area is 125 Å². The topological polar surface area (TPSA) is 21.3 Å². The van der Waals surface area contributed by atoms with Crippen molar-refractivity contribution in [3.05, 3.63) is 54.1 Å². The molecule has 2 aromatic carbocycles. The number of anilines is 1. The van der Waals surface area contributed by atoms with Crippen molar-refractivity contribution in [3.63, 3.8) is 0 Å². The normalized spacial score (nSPS) is 10.5. The highest BCUT2D eigenvalue weighted by atomic mass is 32.2. The van der Waals surface area contributed by atoms with Gasteiger partial charge in [0.1, 0.15) is 0 Å². The molecule has 0 saturated carbocycles. The lowest BCUT2D eigenvalue weighted by atomic mass is 10.0. The van der Waals surface area contributed by atoms with Crippen LogP contribution in [0.15, 0.2) is 48.5 Å². The highest BCUT2D eigenvalue weighted by Gasteiger charge is 1.99. The molecule has 0 fully saturated rings. The van der Waals surface area contributed by atoms with Crippen LogP contribution >= 0.6 is 12.0 Å². The van der Waals surface area contributed by atoms with Crippen LogP contribution in [0.4, 0.5) is 5.69 Å². The van der Waals surface area contributed by atoms with Crippen LogP contribution in [0.2, 0.25) is 0 Å². The van der Waals surface area contributed by atoms with Crippen molar-refractivity contribution in [2.24, 2.45) is 0 Å². The molecule has 0 aromatic heterocycles. The first-order valence-corrected chi connectivity index (χ1v) is 8.01. The first-order valence-electron chi connectivity index (χ1n) is 6.86. The van der Waals surface area contributed by atoms with E-state index in [1.165, 1.54) is 28.7 Å². The van der Waals surface area contributed by atoms with Gasteiger partial charge in [-0.3, -0.25) is 0 Å². The summed E-state index contributed by atoms with van der Waals surface area (Å²) in [6, 6.07) is 17.3. The lowest BCUT2D eigenvalue weighted by molar-refractivity contribution is 0.366. The molecule has 0 amide bonds. The summed E-state index contributed by atoms with van der Waals surface area (Å²) in [5.74, 6) is 0. The van der Waals surface area contributed by atoms with Crippen LogP contribution in [-0.4, -0.2) is 19.9 Å². The molecule has 2 rings (SSSR count). The van der Waals surface area contributed by atoms with Gasteiger partial charge in [0.25, 0.3) is 0 Å². The molecule has 0 aliphatic heterocycles. The van der Waals surface area contributed by atoms with Crippen LogP contribution < -0.4 is 5.32 Å². The molecular weight excluding hydrogens is 266 g/mol. The summed E-state index contributed by atoms with van der Waals surface area (Å²) < 4.78 is 5.28. The molecule has 0 saturated heterocycles. The van der Waals surface area contributed by atoms with Gasteiger partial charge in [-0.1, -0.05) is 36.4 Å². The van der Waals surface area contributed by atoms with E-state index in [1.54, 1.807) is 0 Å². The summed E-state index contributed by atoms with van der Waals surface area (Å²) in [5, 5.41) is 3.13. The van der Waals surface area contributed by atoms with E-state index < -0.39 is 0 Å². The summed E-state index contributed by atoms with van der Waals surface area (Å²) >= 11 is 1.43. The minimum atomic E-state index is 0.814. The van der Waals surface area contributed by atoms with E-state index in [9.17, 15) is 0 Å².